The van der Waals surface area contributed by atoms with Gasteiger partial charge in [0.1, 0.15) is 0 Å². The lowest BCUT2D eigenvalue weighted by molar-refractivity contribution is 0.397. The number of nitrogens with one attached hydrogen (secondary N) is 1. The molecule has 19 heavy (non-hydrogen) atoms. The topological polar surface area (TPSA) is 29.9 Å². The second-order valence-corrected chi connectivity index (χ2v) is 5.46. The SMILES string of the molecule is CCNCC(=Cc1cnn(CC)c1)C1CCCCC1. The van der Waals surface area contributed by atoms with E-state index < -0.39 is 0 Å². The van der Waals surface area contributed by atoms with Gasteiger partial charge in [-0.3, -0.25) is 4.68 Å². The molecular formula is C16H27N3. The third kappa shape index (κ3) is 4.20. The maximum atomic E-state index is 4.36. The molecule has 3 nitrogen and oxygen atoms in total. The summed E-state index contributed by atoms with van der Waals surface area (Å²) in [6.45, 7) is 7.31. The Morgan fingerprint density at radius 2 is 2.16 bits per heavy atom. The van der Waals surface area contributed by atoms with Crippen LogP contribution in [0.15, 0.2) is 18.0 Å². The van der Waals surface area contributed by atoms with Crippen molar-refractivity contribution in [1.82, 2.24) is 15.1 Å². The Morgan fingerprint density at radius 3 is 2.79 bits per heavy atom. The second-order valence-electron chi connectivity index (χ2n) is 5.46. The summed E-state index contributed by atoms with van der Waals surface area (Å²) in [6, 6.07) is 0. The summed E-state index contributed by atoms with van der Waals surface area (Å²) in [4.78, 5) is 0. The summed E-state index contributed by atoms with van der Waals surface area (Å²) >= 11 is 0. The molecule has 1 saturated carbocycles. The first-order valence-corrected chi connectivity index (χ1v) is 7.77. The quantitative estimate of drug-likeness (QED) is 0.849. The van der Waals surface area contributed by atoms with E-state index in [1.807, 2.05) is 10.9 Å². The third-order valence-corrected chi connectivity index (χ3v) is 4.04. The first kappa shape index (κ1) is 14.3. The highest BCUT2D eigenvalue weighted by atomic mass is 15.3. The molecule has 0 saturated heterocycles. The fourth-order valence-corrected chi connectivity index (χ4v) is 2.90. The van der Waals surface area contributed by atoms with Crippen molar-refractivity contribution in [2.45, 2.75) is 52.5 Å². The molecule has 106 valence electrons. The van der Waals surface area contributed by atoms with E-state index >= 15 is 0 Å². The molecule has 0 bridgehead atoms. The van der Waals surface area contributed by atoms with Crippen LogP contribution in [0.4, 0.5) is 0 Å². The van der Waals surface area contributed by atoms with Gasteiger partial charge in [-0.05, 0) is 32.2 Å². The monoisotopic (exact) mass is 261 g/mol. The van der Waals surface area contributed by atoms with Gasteiger partial charge < -0.3 is 5.32 Å². The number of aromatic nitrogens is 2. The Bertz CT molecular complexity index is 400. The highest BCUT2D eigenvalue weighted by Crippen LogP contribution is 2.30. The predicted molar refractivity (Wildman–Crippen MR) is 81.0 cm³/mol. The van der Waals surface area contributed by atoms with Crippen LogP contribution in [0.3, 0.4) is 0 Å². The van der Waals surface area contributed by atoms with Crippen LogP contribution < -0.4 is 5.32 Å². The summed E-state index contributed by atoms with van der Waals surface area (Å²) in [5.74, 6) is 0.776. The Kier molecular flexibility index (Phi) is 5.64. The highest BCUT2D eigenvalue weighted by molar-refractivity contribution is 5.52. The Morgan fingerprint density at radius 1 is 1.37 bits per heavy atom. The van der Waals surface area contributed by atoms with Gasteiger partial charge in [-0.1, -0.05) is 37.8 Å². The fraction of sp³-hybridized carbons (Fsp3) is 0.688. The van der Waals surface area contributed by atoms with Crippen molar-refractivity contribution in [3.8, 4) is 0 Å². The highest BCUT2D eigenvalue weighted by Gasteiger charge is 2.17. The number of rotatable bonds is 6. The van der Waals surface area contributed by atoms with Crippen molar-refractivity contribution < 1.29 is 0 Å². The molecule has 1 heterocycles. The lowest BCUT2D eigenvalue weighted by Crippen LogP contribution is -2.22. The molecule has 0 aromatic carbocycles. The van der Waals surface area contributed by atoms with Gasteiger partial charge in [0, 0.05) is 24.8 Å². The molecule has 1 aromatic rings. The van der Waals surface area contributed by atoms with Crippen molar-refractivity contribution in [3.05, 3.63) is 23.5 Å². The Balaban J connectivity index is 2.10. The molecule has 0 atom stereocenters. The third-order valence-electron chi connectivity index (χ3n) is 4.04. The zero-order valence-electron chi connectivity index (χ0n) is 12.4. The molecule has 3 heteroatoms. The summed E-state index contributed by atoms with van der Waals surface area (Å²) < 4.78 is 2.00. The average Bonchev–Trinajstić information content (AvgIpc) is 2.92. The van der Waals surface area contributed by atoms with Crippen LogP contribution in [0.25, 0.3) is 6.08 Å². The number of nitrogens with zero attached hydrogens (tertiary/aromatic N) is 2. The first-order chi connectivity index (χ1) is 9.33. The Labute approximate surface area is 117 Å². The van der Waals surface area contributed by atoms with E-state index in [-0.39, 0.29) is 0 Å². The summed E-state index contributed by atoms with van der Waals surface area (Å²) in [6.07, 6.45) is 13.4. The van der Waals surface area contributed by atoms with Gasteiger partial charge in [0.05, 0.1) is 6.20 Å². The molecule has 0 amide bonds. The molecule has 0 radical (unpaired) electrons. The van der Waals surface area contributed by atoms with Gasteiger partial charge in [0.25, 0.3) is 0 Å². The minimum Gasteiger partial charge on any atom is -0.313 e. The molecule has 1 N–H and O–H groups in total. The molecule has 1 aliphatic rings. The van der Waals surface area contributed by atoms with Crippen LogP contribution in [-0.2, 0) is 6.54 Å². The minimum atomic E-state index is 0.776. The molecule has 1 fully saturated rings. The lowest BCUT2D eigenvalue weighted by Gasteiger charge is -2.24. The van der Waals surface area contributed by atoms with Crippen molar-refractivity contribution >= 4 is 6.08 Å². The predicted octanol–water partition coefficient (Wildman–Crippen LogP) is 3.48. The molecule has 1 aliphatic carbocycles. The van der Waals surface area contributed by atoms with Gasteiger partial charge in [-0.2, -0.15) is 5.10 Å². The van der Waals surface area contributed by atoms with Crippen LogP contribution >= 0.6 is 0 Å². The zero-order chi connectivity index (χ0) is 13.5. The van der Waals surface area contributed by atoms with E-state index in [9.17, 15) is 0 Å². The molecule has 0 unspecified atom stereocenters. The maximum absolute atomic E-state index is 4.36. The van der Waals surface area contributed by atoms with Gasteiger partial charge in [-0.15, -0.1) is 0 Å². The van der Waals surface area contributed by atoms with E-state index in [0.29, 0.717) is 0 Å². The summed E-state index contributed by atoms with van der Waals surface area (Å²) in [5.41, 5.74) is 2.82. The van der Waals surface area contributed by atoms with Crippen LogP contribution in [0.2, 0.25) is 0 Å². The summed E-state index contributed by atoms with van der Waals surface area (Å²) in [7, 11) is 0. The van der Waals surface area contributed by atoms with Crippen LogP contribution in [-0.4, -0.2) is 22.9 Å². The number of aryl methyl sites for hydroxylation is 1. The van der Waals surface area contributed by atoms with Gasteiger partial charge in [0.15, 0.2) is 0 Å². The smallest absolute Gasteiger partial charge is 0.0562 e. The lowest BCUT2D eigenvalue weighted by atomic mass is 9.83. The average molecular weight is 261 g/mol. The van der Waals surface area contributed by atoms with Crippen molar-refractivity contribution in [1.29, 1.82) is 0 Å². The van der Waals surface area contributed by atoms with E-state index in [0.717, 1.165) is 25.6 Å². The summed E-state index contributed by atoms with van der Waals surface area (Å²) in [5, 5.41) is 7.86. The van der Waals surface area contributed by atoms with Crippen LogP contribution in [0.1, 0.15) is 51.5 Å². The second kappa shape index (κ2) is 7.49. The van der Waals surface area contributed by atoms with Gasteiger partial charge in [0.2, 0.25) is 0 Å². The minimum absolute atomic E-state index is 0.776. The van der Waals surface area contributed by atoms with Crippen LogP contribution in [0, 0.1) is 5.92 Å². The normalized spacial score (nSPS) is 17.9. The van der Waals surface area contributed by atoms with E-state index in [2.05, 4.69) is 36.5 Å². The molecular weight excluding hydrogens is 234 g/mol. The van der Waals surface area contributed by atoms with Crippen LogP contribution in [0.5, 0.6) is 0 Å². The number of likely N-dealkylation sites (N-methyl/N-ethyl adjacent to an activating group) is 1. The van der Waals surface area contributed by atoms with Gasteiger partial charge >= 0.3 is 0 Å². The number of hydrogen-bond donors (Lipinski definition) is 1. The molecule has 2 rings (SSSR count). The molecule has 0 aliphatic heterocycles. The standard InChI is InChI=1S/C16H27N3/c1-3-17-12-16(15-8-6-5-7-9-15)10-14-11-18-19(4-2)13-14/h10-11,13,15,17H,3-9,12H2,1-2H3. The van der Waals surface area contributed by atoms with Crippen molar-refractivity contribution in [2.24, 2.45) is 5.92 Å². The number of hydrogen-bond acceptors (Lipinski definition) is 2. The van der Waals surface area contributed by atoms with Crippen molar-refractivity contribution in [2.75, 3.05) is 13.1 Å². The first-order valence-electron chi connectivity index (χ1n) is 7.77. The largest absolute Gasteiger partial charge is 0.313 e. The van der Waals surface area contributed by atoms with E-state index in [1.165, 1.54) is 37.7 Å². The van der Waals surface area contributed by atoms with E-state index in [4.69, 9.17) is 0 Å². The molecule has 1 aromatic heterocycles. The zero-order valence-corrected chi connectivity index (χ0v) is 12.4. The van der Waals surface area contributed by atoms with E-state index in [1.54, 1.807) is 5.57 Å². The maximum Gasteiger partial charge on any atom is 0.0562 e. The van der Waals surface area contributed by atoms with Gasteiger partial charge in [-0.25, -0.2) is 0 Å². The fourth-order valence-electron chi connectivity index (χ4n) is 2.90. The Hall–Kier alpha value is -1.09. The van der Waals surface area contributed by atoms with Crippen molar-refractivity contribution in [3.63, 3.8) is 0 Å². The molecule has 0 spiro atoms.